The molecule has 0 aliphatic heterocycles. The van der Waals surface area contributed by atoms with Crippen LogP contribution in [0.3, 0.4) is 0 Å². The molecule has 8 heteroatoms. The molecule has 0 spiro atoms. The van der Waals surface area contributed by atoms with Crippen LogP contribution in [-0.4, -0.2) is 23.3 Å². The zero-order valence-electron chi connectivity index (χ0n) is 11.6. The van der Waals surface area contributed by atoms with Crippen molar-refractivity contribution in [3.05, 3.63) is 41.2 Å². The van der Waals surface area contributed by atoms with Gasteiger partial charge in [-0.15, -0.1) is 0 Å². The predicted molar refractivity (Wildman–Crippen MR) is 80.8 cm³/mol. The van der Waals surface area contributed by atoms with Gasteiger partial charge in [-0.3, -0.25) is 9.40 Å². The number of hydrogen-bond acceptors (Lipinski definition) is 4. The smallest absolute Gasteiger partial charge is 0.262 e. The largest absolute Gasteiger partial charge is 0.392 e. The van der Waals surface area contributed by atoms with Crippen molar-refractivity contribution in [2.45, 2.75) is 31.4 Å². The van der Waals surface area contributed by atoms with Crippen molar-refractivity contribution in [3.8, 4) is 0 Å². The van der Waals surface area contributed by atoms with E-state index in [1.807, 2.05) is 13.8 Å². The second-order valence-electron chi connectivity index (χ2n) is 4.82. The standard InChI is InChI=1S/C13H16ClN3O3S/c1-9(2)17-7-11(6-15-17)16-21(19,20)12-4-3-10(8-18)13(14)5-12/h3-7,9,16,18H,8H2,1-2H3. The molecule has 0 unspecified atom stereocenters. The van der Waals surface area contributed by atoms with Gasteiger partial charge in [-0.1, -0.05) is 17.7 Å². The number of nitrogens with one attached hydrogen (secondary N) is 1. The van der Waals surface area contributed by atoms with Gasteiger partial charge in [0.05, 0.1) is 23.4 Å². The Morgan fingerprint density at radius 3 is 2.67 bits per heavy atom. The van der Waals surface area contributed by atoms with E-state index in [2.05, 4.69) is 9.82 Å². The van der Waals surface area contributed by atoms with Crippen molar-refractivity contribution in [1.82, 2.24) is 9.78 Å². The van der Waals surface area contributed by atoms with E-state index in [0.29, 0.717) is 11.3 Å². The van der Waals surface area contributed by atoms with Crippen LogP contribution < -0.4 is 4.72 Å². The van der Waals surface area contributed by atoms with Gasteiger partial charge in [0, 0.05) is 17.3 Å². The predicted octanol–water partition coefficient (Wildman–Crippen LogP) is 2.41. The van der Waals surface area contributed by atoms with Crippen LogP contribution in [0.25, 0.3) is 0 Å². The lowest BCUT2D eigenvalue weighted by Gasteiger charge is -2.08. The van der Waals surface area contributed by atoms with Gasteiger partial charge in [-0.25, -0.2) is 8.42 Å². The third kappa shape index (κ3) is 3.55. The van der Waals surface area contributed by atoms with Crippen LogP contribution in [0.1, 0.15) is 25.5 Å². The molecule has 0 atom stereocenters. The second-order valence-corrected chi connectivity index (χ2v) is 6.91. The van der Waals surface area contributed by atoms with Crippen LogP contribution in [-0.2, 0) is 16.6 Å². The Labute approximate surface area is 128 Å². The van der Waals surface area contributed by atoms with Gasteiger partial charge in [-0.2, -0.15) is 5.10 Å². The van der Waals surface area contributed by atoms with E-state index in [1.54, 1.807) is 10.9 Å². The van der Waals surface area contributed by atoms with Gasteiger partial charge >= 0.3 is 0 Å². The summed E-state index contributed by atoms with van der Waals surface area (Å²) >= 11 is 5.92. The molecule has 2 rings (SSSR count). The summed E-state index contributed by atoms with van der Waals surface area (Å²) in [6, 6.07) is 4.32. The molecule has 0 fully saturated rings. The van der Waals surface area contributed by atoms with E-state index in [0.717, 1.165) is 0 Å². The monoisotopic (exact) mass is 329 g/mol. The summed E-state index contributed by atoms with van der Waals surface area (Å²) in [6.07, 6.45) is 3.06. The topological polar surface area (TPSA) is 84.2 Å². The molecule has 0 amide bonds. The first-order chi connectivity index (χ1) is 9.83. The zero-order chi connectivity index (χ0) is 15.6. The van der Waals surface area contributed by atoms with Crippen molar-refractivity contribution < 1.29 is 13.5 Å². The molecule has 0 radical (unpaired) electrons. The van der Waals surface area contributed by atoms with E-state index in [4.69, 9.17) is 16.7 Å². The summed E-state index contributed by atoms with van der Waals surface area (Å²) in [7, 11) is -3.74. The van der Waals surface area contributed by atoms with Crippen molar-refractivity contribution in [2.75, 3.05) is 4.72 Å². The highest BCUT2D eigenvalue weighted by Gasteiger charge is 2.17. The Morgan fingerprint density at radius 1 is 1.43 bits per heavy atom. The first-order valence-electron chi connectivity index (χ1n) is 6.30. The minimum Gasteiger partial charge on any atom is -0.392 e. The summed E-state index contributed by atoms with van der Waals surface area (Å²) in [5.74, 6) is 0. The van der Waals surface area contributed by atoms with Crippen molar-refractivity contribution in [3.63, 3.8) is 0 Å². The number of hydrogen-bond donors (Lipinski definition) is 2. The first-order valence-corrected chi connectivity index (χ1v) is 8.16. The lowest BCUT2D eigenvalue weighted by molar-refractivity contribution is 0.282. The van der Waals surface area contributed by atoms with Crippen LogP contribution in [0.4, 0.5) is 5.69 Å². The quantitative estimate of drug-likeness (QED) is 0.882. The zero-order valence-corrected chi connectivity index (χ0v) is 13.2. The highest BCUT2D eigenvalue weighted by atomic mass is 35.5. The molecule has 1 aromatic carbocycles. The molecular weight excluding hydrogens is 314 g/mol. The van der Waals surface area contributed by atoms with Crippen LogP contribution in [0.2, 0.25) is 5.02 Å². The van der Waals surface area contributed by atoms with Gasteiger partial charge in [-0.05, 0) is 31.5 Å². The average molecular weight is 330 g/mol. The van der Waals surface area contributed by atoms with Gasteiger partial charge in [0.25, 0.3) is 10.0 Å². The highest BCUT2D eigenvalue weighted by Crippen LogP contribution is 2.23. The summed E-state index contributed by atoms with van der Waals surface area (Å²) in [5.41, 5.74) is 0.856. The summed E-state index contributed by atoms with van der Waals surface area (Å²) < 4.78 is 28.6. The summed E-state index contributed by atoms with van der Waals surface area (Å²) in [4.78, 5) is 0.0296. The van der Waals surface area contributed by atoms with E-state index in [-0.39, 0.29) is 22.6 Å². The molecule has 0 bridgehead atoms. The molecule has 21 heavy (non-hydrogen) atoms. The Morgan fingerprint density at radius 2 is 2.14 bits per heavy atom. The summed E-state index contributed by atoms with van der Waals surface area (Å²) in [6.45, 7) is 3.64. The fourth-order valence-electron chi connectivity index (χ4n) is 1.71. The number of benzene rings is 1. The Balaban J connectivity index is 2.27. The number of aliphatic hydroxyl groups is 1. The lowest BCUT2D eigenvalue weighted by Crippen LogP contribution is -2.12. The minimum absolute atomic E-state index is 0.0296. The van der Waals surface area contributed by atoms with Gasteiger partial charge in [0.15, 0.2) is 0 Å². The maximum atomic E-state index is 12.3. The molecule has 6 nitrogen and oxygen atoms in total. The molecule has 1 heterocycles. The third-order valence-electron chi connectivity index (χ3n) is 2.89. The first kappa shape index (κ1) is 15.8. The molecule has 0 saturated carbocycles. The molecule has 0 aliphatic carbocycles. The molecule has 2 aromatic rings. The van der Waals surface area contributed by atoms with Gasteiger partial charge in [0.2, 0.25) is 0 Å². The summed E-state index contributed by atoms with van der Waals surface area (Å²) in [5, 5.41) is 13.3. The van der Waals surface area contributed by atoms with Crippen molar-refractivity contribution in [1.29, 1.82) is 0 Å². The van der Waals surface area contributed by atoms with E-state index >= 15 is 0 Å². The number of aromatic nitrogens is 2. The highest BCUT2D eigenvalue weighted by molar-refractivity contribution is 7.92. The SMILES string of the molecule is CC(C)n1cc(NS(=O)(=O)c2ccc(CO)c(Cl)c2)cn1. The Kier molecular flexibility index (Phi) is 4.55. The minimum atomic E-state index is -3.74. The average Bonchev–Trinajstić information content (AvgIpc) is 2.86. The number of aliphatic hydroxyl groups excluding tert-OH is 1. The van der Waals surface area contributed by atoms with E-state index in [9.17, 15) is 8.42 Å². The van der Waals surface area contributed by atoms with E-state index < -0.39 is 10.0 Å². The number of anilines is 1. The molecule has 0 saturated heterocycles. The number of sulfonamides is 1. The Bertz CT molecular complexity index is 741. The molecule has 114 valence electrons. The van der Waals surface area contributed by atoms with Gasteiger partial charge < -0.3 is 5.11 Å². The van der Waals surface area contributed by atoms with Crippen LogP contribution in [0.15, 0.2) is 35.5 Å². The van der Waals surface area contributed by atoms with E-state index in [1.165, 1.54) is 24.4 Å². The molecular formula is C13H16ClN3O3S. The van der Waals surface area contributed by atoms with Crippen LogP contribution in [0, 0.1) is 0 Å². The Hall–Kier alpha value is -1.57. The van der Waals surface area contributed by atoms with Crippen molar-refractivity contribution >= 4 is 27.3 Å². The lowest BCUT2D eigenvalue weighted by atomic mass is 10.2. The van der Waals surface area contributed by atoms with Crippen LogP contribution in [0.5, 0.6) is 0 Å². The second kappa shape index (κ2) is 6.05. The fraction of sp³-hybridized carbons (Fsp3) is 0.308. The van der Waals surface area contributed by atoms with Gasteiger partial charge in [0.1, 0.15) is 0 Å². The molecule has 0 aliphatic rings. The maximum absolute atomic E-state index is 12.3. The normalized spacial score (nSPS) is 11.9. The number of halogens is 1. The number of rotatable bonds is 5. The third-order valence-corrected chi connectivity index (χ3v) is 4.62. The number of nitrogens with zero attached hydrogens (tertiary/aromatic N) is 2. The molecule has 2 N–H and O–H groups in total. The maximum Gasteiger partial charge on any atom is 0.262 e. The molecule has 1 aromatic heterocycles. The van der Waals surface area contributed by atoms with Crippen LogP contribution >= 0.6 is 11.6 Å². The fourth-order valence-corrected chi connectivity index (χ4v) is 3.07. The van der Waals surface area contributed by atoms with Crippen molar-refractivity contribution in [2.24, 2.45) is 0 Å².